The minimum atomic E-state index is 0.874. The van der Waals surface area contributed by atoms with Crippen molar-refractivity contribution in [2.45, 2.75) is 32.1 Å². The van der Waals surface area contributed by atoms with Crippen molar-refractivity contribution in [1.82, 2.24) is 5.32 Å². The molecule has 2 heteroatoms. The van der Waals surface area contributed by atoms with E-state index in [1.54, 1.807) is 0 Å². The molecule has 0 amide bonds. The minimum Gasteiger partial charge on any atom is -0.399 e. The fraction of sp³-hybridized carbons (Fsp3) is 0.571. The lowest BCUT2D eigenvalue weighted by atomic mass is 10.1. The molecule has 1 fully saturated rings. The third kappa shape index (κ3) is 4.23. The van der Waals surface area contributed by atoms with Gasteiger partial charge in [-0.3, -0.25) is 0 Å². The molecule has 1 aromatic rings. The van der Waals surface area contributed by atoms with Crippen LogP contribution in [0.5, 0.6) is 0 Å². The Bertz CT molecular complexity index is 318. The zero-order chi connectivity index (χ0) is 11.2. The average Bonchev–Trinajstić information content (AvgIpc) is 3.07. The zero-order valence-corrected chi connectivity index (χ0v) is 9.91. The van der Waals surface area contributed by atoms with Gasteiger partial charge < -0.3 is 11.1 Å². The first-order chi connectivity index (χ1) is 7.84. The summed E-state index contributed by atoms with van der Waals surface area (Å²) in [5, 5.41) is 3.51. The van der Waals surface area contributed by atoms with E-state index in [4.69, 9.17) is 5.73 Å². The Hall–Kier alpha value is -1.02. The molecule has 0 aromatic heterocycles. The SMILES string of the molecule is Nc1cccc(CCCNCCC2CC2)c1. The van der Waals surface area contributed by atoms with E-state index in [2.05, 4.69) is 17.4 Å². The third-order valence-corrected chi connectivity index (χ3v) is 3.20. The second-order valence-electron chi connectivity index (χ2n) is 4.83. The van der Waals surface area contributed by atoms with E-state index in [9.17, 15) is 0 Å². The number of benzene rings is 1. The van der Waals surface area contributed by atoms with Crippen LogP contribution in [0, 0.1) is 5.92 Å². The van der Waals surface area contributed by atoms with Crippen LogP contribution in [0.3, 0.4) is 0 Å². The molecule has 0 atom stereocenters. The van der Waals surface area contributed by atoms with E-state index >= 15 is 0 Å². The van der Waals surface area contributed by atoms with Crippen molar-refractivity contribution >= 4 is 5.69 Å². The Morgan fingerprint density at radius 3 is 2.88 bits per heavy atom. The lowest BCUT2D eigenvalue weighted by molar-refractivity contribution is 0.595. The van der Waals surface area contributed by atoms with Gasteiger partial charge in [0.15, 0.2) is 0 Å². The maximum absolute atomic E-state index is 5.74. The summed E-state index contributed by atoms with van der Waals surface area (Å²) in [7, 11) is 0. The van der Waals surface area contributed by atoms with Crippen LogP contribution in [0.15, 0.2) is 24.3 Å². The van der Waals surface area contributed by atoms with Crippen molar-refractivity contribution in [2.75, 3.05) is 18.8 Å². The second kappa shape index (κ2) is 5.90. The molecular weight excluding hydrogens is 196 g/mol. The molecule has 16 heavy (non-hydrogen) atoms. The third-order valence-electron chi connectivity index (χ3n) is 3.20. The quantitative estimate of drug-likeness (QED) is 0.545. The highest BCUT2D eigenvalue weighted by Gasteiger charge is 2.19. The number of hydrogen-bond donors (Lipinski definition) is 2. The van der Waals surface area contributed by atoms with Crippen molar-refractivity contribution in [2.24, 2.45) is 5.92 Å². The number of rotatable bonds is 7. The van der Waals surface area contributed by atoms with Crippen LogP contribution in [0.1, 0.15) is 31.2 Å². The molecule has 0 unspecified atom stereocenters. The maximum Gasteiger partial charge on any atom is 0.0316 e. The highest BCUT2D eigenvalue weighted by molar-refractivity contribution is 5.40. The predicted molar refractivity (Wildman–Crippen MR) is 69.4 cm³/mol. The topological polar surface area (TPSA) is 38.0 Å². The van der Waals surface area contributed by atoms with Gasteiger partial charge >= 0.3 is 0 Å². The lowest BCUT2D eigenvalue weighted by Gasteiger charge is -2.05. The minimum absolute atomic E-state index is 0.874. The summed E-state index contributed by atoms with van der Waals surface area (Å²) in [5.74, 6) is 1.04. The Morgan fingerprint density at radius 2 is 2.12 bits per heavy atom. The Kier molecular flexibility index (Phi) is 4.23. The second-order valence-corrected chi connectivity index (χ2v) is 4.83. The van der Waals surface area contributed by atoms with Crippen LogP contribution in [0.25, 0.3) is 0 Å². The molecule has 3 N–H and O–H groups in total. The van der Waals surface area contributed by atoms with Crippen LogP contribution >= 0.6 is 0 Å². The molecule has 0 saturated heterocycles. The fourth-order valence-electron chi connectivity index (χ4n) is 2.00. The van der Waals surface area contributed by atoms with E-state index in [-0.39, 0.29) is 0 Å². The lowest BCUT2D eigenvalue weighted by Crippen LogP contribution is -2.17. The van der Waals surface area contributed by atoms with Gasteiger partial charge in [-0.15, -0.1) is 0 Å². The molecular formula is C14H22N2. The van der Waals surface area contributed by atoms with Gasteiger partial charge in [-0.1, -0.05) is 25.0 Å². The predicted octanol–water partition coefficient (Wildman–Crippen LogP) is 2.59. The van der Waals surface area contributed by atoms with Crippen molar-refractivity contribution in [3.05, 3.63) is 29.8 Å². The van der Waals surface area contributed by atoms with Crippen LogP contribution in [0.4, 0.5) is 5.69 Å². The van der Waals surface area contributed by atoms with Crippen molar-refractivity contribution in [1.29, 1.82) is 0 Å². The van der Waals surface area contributed by atoms with Crippen molar-refractivity contribution < 1.29 is 0 Å². The number of nitrogen functional groups attached to an aromatic ring is 1. The van der Waals surface area contributed by atoms with E-state index in [1.807, 2.05) is 12.1 Å². The number of hydrogen-bond acceptors (Lipinski definition) is 2. The highest BCUT2D eigenvalue weighted by Crippen LogP contribution is 2.31. The summed E-state index contributed by atoms with van der Waals surface area (Å²) in [6.45, 7) is 2.32. The molecule has 2 rings (SSSR count). The smallest absolute Gasteiger partial charge is 0.0316 e. The van der Waals surface area contributed by atoms with E-state index < -0.39 is 0 Å². The molecule has 0 bridgehead atoms. The summed E-state index contributed by atoms with van der Waals surface area (Å²) < 4.78 is 0. The molecule has 0 heterocycles. The standard InChI is InChI=1S/C14H22N2/c15-14-5-1-3-13(11-14)4-2-9-16-10-8-12-6-7-12/h1,3,5,11-12,16H,2,4,6-10,15H2. The summed E-state index contributed by atoms with van der Waals surface area (Å²) in [6, 6.07) is 8.20. The van der Waals surface area contributed by atoms with Crippen LogP contribution in [-0.2, 0) is 6.42 Å². The first-order valence-electron chi connectivity index (χ1n) is 6.40. The van der Waals surface area contributed by atoms with E-state index in [0.717, 1.165) is 24.6 Å². The van der Waals surface area contributed by atoms with Crippen LogP contribution in [0.2, 0.25) is 0 Å². The van der Waals surface area contributed by atoms with Gasteiger partial charge in [0.1, 0.15) is 0 Å². The van der Waals surface area contributed by atoms with Crippen molar-refractivity contribution in [3.63, 3.8) is 0 Å². The first-order valence-corrected chi connectivity index (χ1v) is 6.40. The molecule has 0 aliphatic heterocycles. The fourth-order valence-corrected chi connectivity index (χ4v) is 2.00. The van der Waals surface area contributed by atoms with Gasteiger partial charge in [0.05, 0.1) is 0 Å². The Balaban J connectivity index is 1.53. The molecule has 1 aliphatic rings. The summed E-state index contributed by atoms with van der Waals surface area (Å²) in [5.41, 5.74) is 7.96. The number of nitrogens with two attached hydrogens (primary N) is 1. The maximum atomic E-state index is 5.74. The van der Waals surface area contributed by atoms with E-state index in [0.29, 0.717) is 0 Å². The molecule has 1 saturated carbocycles. The molecule has 1 aromatic carbocycles. The summed E-state index contributed by atoms with van der Waals surface area (Å²) in [6.07, 6.45) is 6.63. The molecule has 2 nitrogen and oxygen atoms in total. The van der Waals surface area contributed by atoms with Gasteiger partial charge in [0, 0.05) is 5.69 Å². The Morgan fingerprint density at radius 1 is 1.25 bits per heavy atom. The number of anilines is 1. The van der Waals surface area contributed by atoms with Gasteiger partial charge in [-0.2, -0.15) is 0 Å². The van der Waals surface area contributed by atoms with Gasteiger partial charge in [0.2, 0.25) is 0 Å². The average molecular weight is 218 g/mol. The largest absolute Gasteiger partial charge is 0.399 e. The molecule has 0 spiro atoms. The highest BCUT2D eigenvalue weighted by atomic mass is 14.8. The Labute approximate surface area is 98.2 Å². The van der Waals surface area contributed by atoms with Gasteiger partial charge in [-0.05, 0) is 56.0 Å². The van der Waals surface area contributed by atoms with Gasteiger partial charge in [0.25, 0.3) is 0 Å². The normalized spacial score (nSPS) is 15.2. The number of nitrogens with one attached hydrogen (secondary N) is 1. The van der Waals surface area contributed by atoms with Gasteiger partial charge in [-0.25, -0.2) is 0 Å². The molecule has 1 aliphatic carbocycles. The molecule has 0 radical (unpaired) electrons. The number of aryl methyl sites for hydroxylation is 1. The molecule has 88 valence electrons. The summed E-state index contributed by atoms with van der Waals surface area (Å²) in [4.78, 5) is 0. The van der Waals surface area contributed by atoms with Crippen molar-refractivity contribution in [3.8, 4) is 0 Å². The monoisotopic (exact) mass is 218 g/mol. The van der Waals surface area contributed by atoms with Crippen LogP contribution in [-0.4, -0.2) is 13.1 Å². The zero-order valence-electron chi connectivity index (χ0n) is 9.91. The first kappa shape index (κ1) is 11.5. The van der Waals surface area contributed by atoms with Crippen LogP contribution < -0.4 is 11.1 Å². The van der Waals surface area contributed by atoms with E-state index in [1.165, 1.54) is 37.8 Å². The summed E-state index contributed by atoms with van der Waals surface area (Å²) >= 11 is 0.